The minimum atomic E-state index is -0.124. The summed E-state index contributed by atoms with van der Waals surface area (Å²) < 4.78 is 5.33. The maximum absolute atomic E-state index is 12.6. The lowest BCUT2D eigenvalue weighted by atomic mass is 9.93. The van der Waals surface area contributed by atoms with Crippen LogP contribution in [0, 0.1) is 19.8 Å². The smallest absolute Gasteiger partial charge is 0.321 e. The highest BCUT2D eigenvalue weighted by molar-refractivity contribution is 5.91. The van der Waals surface area contributed by atoms with Crippen LogP contribution in [0.5, 0.6) is 5.75 Å². The third-order valence-electron chi connectivity index (χ3n) is 5.71. The summed E-state index contributed by atoms with van der Waals surface area (Å²) in [7, 11) is 1.59. The number of anilines is 1. The lowest BCUT2D eigenvalue weighted by molar-refractivity contribution is -0.122. The number of methoxy groups -OCH3 is 1. The summed E-state index contributed by atoms with van der Waals surface area (Å²) in [6.45, 7) is 5.88. The molecule has 0 radical (unpaired) electrons. The van der Waals surface area contributed by atoms with E-state index in [1.54, 1.807) is 7.11 Å². The van der Waals surface area contributed by atoms with Crippen LogP contribution in [-0.2, 0) is 11.3 Å². The number of amides is 3. The molecule has 1 aliphatic rings. The first kappa shape index (κ1) is 21.7. The van der Waals surface area contributed by atoms with Crippen molar-refractivity contribution in [2.75, 3.05) is 25.5 Å². The van der Waals surface area contributed by atoms with Crippen LogP contribution in [0.1, 0.15) is 36.0 Å². The van der Waals surface area contributed by atoms with Gasteiger partial charge >= 0.3 is 6.03 Å². The monoisotopic (exact) mass is 409 g/mol. The van der Waals surface area contributed by atoms with Crippen LogP contribution in [0.3, 0.4) is 0 Å². The van der Waals surface area contributed by atoms with Crippen LogP contribution in [0.15, 0.2) is 42.5 Å². The number of hydrogen-bond acceptors (Lipinski definition) is 3. The Bertz CT molecular complexity index is 889. The third kappa shape index (κ3) is 5.75. The van der Waals surface area contributed by atoms with E-state index in [2.05, 4.69) is 23.6 Å². The van der Waals surface area contributed by atoms with Crippen LogP contribution >= 0.6 is 0 Å². The van der Waals surface area contributed by atoms with E-state index in [1.165, 1.54) is 5.56 Å². The fraction of sp³-hybridized carbons (Fsp3) is 0.417. The molecule has 6 nitrogen and oxygen atoms in total. The first-order valence-electron chi connectivity index (χ1n) is 10.5. The van der Waals surface area contributed by atoms with Gasteiger partial charge in [0.25, 0.3) is 0 Å². The van der Waals surface area contributed by atoms with E-state index in [0.717, 1.165) is 24.0 Å². The molecule has 2 aromatic rings. The zero-order valence-corrected chi connectivity index (χ0v) is 18.0. The molecule has 3 amide bonds. The summed E-state index contributed by atoms with van der Waals surface area (Å²) in [4.78, 5) is 26.8. The van der Waals surface area contributed by atoms with Gasteiger partial charge in [0.1, 0.15) is 5.75 Å². The van der Waals surface area contributed by atoms with Gasteiger partial charge in [0.2, 0.25) is 5.91 Å². The molecule has 0 unspecified atom stereocenters. The Hall–Kier alpha value is -3.02. The minimum absolute atomic E-state index is 0.0747. The Kier molecular flexibility index (Phi) is 7.33. The summed E-state index contributed by atoms with van der Waals surface area (Å²) in [5.74, 6) is 1.03. The van der Waals surface area contributed by atoms with Gasteiger partial charge in [-0.05, 0) is 61.4 Å². The van der Waals surface area contributed by atoms with Gasteiger partial charge in [0, 0.05) is 26.1 Å². The van der Waals surface area contributed by atoms with Crippen molar-refractivity contribution in [1.82, 2.24) is 10.2 Å². The van der Waals surface area contributed by atoms with Crippen molar-refractivity contribution in [1.29, 1.82) is 0 Å². The van der Waals surface area contributed by atoms with E-state index >= 15 is 0 Å². The average molecular weight is 410 g/mol. The molecule has 1 heterocycles. The lowest BCUT2D eigenvalue weighted by Gasteiger charge is -2.32. The van der Waals surface area contributed by atoms with Gasteiger partial charge in [-0.25, -0.2) is 4.79 Å². The Morgan fingerprint density at radius 3 is 2.53 bits per heavy atom. The summed E-state index contributed by atoms with van der Waals surface area (Å²) in [5.41, 5.74) is 4.06. The standard InChI is InChI=1S/C24H31N3O3/c1-17-8-9-22(30-3)21(14-17)26-24(29)27-12-10-19(11-13-27)15-23(28)25-16-20-7-5-4-6-18(20)2/h4-9,14,19H,10-13,15-16H2,1-3H3,(H,25,28)(H,26,29). The highest BCUT2D eigenvalue weighted by Gasteiger charge is 2.25. The average Bonchev–Trinajstić information content (AvgIpc) is 2.74. The largest absolute Gasteiger partial charge is 0.495 e. The van der Waals surface area contributed by atoms with Crippen LogP contribution in [0.2, 0.25) is 0 Å². The van der Waals surface area contributed by atoms with Gasteiger partial charge in [0.15, 0.2) is 0 Å². The number of hydrogen-bond donors (Lipinski definition) is 2. The summed E-state index contributed by atoms with van der Waals surface area (Å²) in [6, 6.07) is 13.7. The third-order valence-corrected chi connectivity index (χ3v) is 5.71. The molecule has 0 aliphatic carbocycles. The van der Waals surface area contributed by atoms with Crippen molar-refractivity contribution in [2.45, 2.75) is 39.7 Å². The van der Waals surface area contributed by atoms with Crippen LogP contribution < -0.4 is 15.4 Å². The van der Waals surface area contributed by atoms with Crippen molar-refractivity contribution in [3.8, 4) is 5.75 Å². The van der Waals surface area contributed by atoms with E-state index in [1.807, 2.05) is 48.2 Å². The molecule has 1 fully saturated rings. The number of carbonyl (C=O) groups excluding carboxylic acids is 2. The van der Waals surface area contributed by atoms with Crippen molar-refractivity contribution < 1.29 is 14.3 Å². The number of carbonyl (C=O) groups is 2. The van der Waals surface area contributed by atoms with E-state index in [4.69, 9.17) is 4.74 Å². The van der Waals surface area contributed by atoms with Crippen LogP contribution in [-0.4, -0.2) is 37.0 Å². The molecule has 1 saturated heterocycles. The van der Waals surface area contributed by atoms with Gasteiger partial charge in [0.05, 0.1) is 12.8 Å². The van der Waals surface area contributed by atoms with Crippen LogP contribution in [0.4, 0.5) is 10.5 Å². The zero-order chi connectivity index (χ0) is 21.5. The number of nitrogens with one attached hydrogen (secondary N) is 2. The number of ether oxygens (including phenoxy) is 1. The molecule has 0 atom stereocenters. The van der Waals surface area contributed by atoms with Crippen LogP contribution in [0.25, 0.3) is 0 Å². The van der Waals surface area contributed by atoms with E-state index in [-0.39, 0.29) is 11.9 Å². The second-order valence-electron chi connectivity index (χ2n) is 7.97. The number of nitrogens with zero attached hydrogens (tertiary/aromatic N) is 1. The maximum atomic E-state index is 12.6. The molecule has 0 bridgehead atoms. The molecule has 0 spiro atoms. The first-order chi connectivity index (χ1) is 14.5. The summed E-state index contributed by atoms with van der Waals surface area (Å²) >= 11 is 0. The Morgan fingerprint density at radius 2 is 1.83 bits per heavy atom. The minimum Gasteiger partial charge on any atom is -0.495 e. The van der Waals surface area contributed by atoms with E-state index in [9.17, 15) is 9.59 Å². The highest BCUT2D eigenvalue weighted by atomic mass is 16.5. The zero-order valence-electron chi connectivity index (χ0n) is 18.0. The molecule has 6 heteroatoms. The molecule has 0 aromatic heterocycles. The van der Waals surface area contributed by atoms with E-state index < -0.39 is 0 Å². The van der Waals surface area contributed by atoms with Gasteiger partial charge in [-0.1, -0.05) is 30.3 Å². The molecule has 30 heavy (non-hydrogen) atoms. The molecule has 0 saturated carbocycles. The molecule has 160 valence electrons. The van der Waals surface area contributed by atoms with Gasteiger partial charge in [-0.2, -0.15) is 0 Å². The van der Waals surface area contributed by atoms with Gasteiger partial charge in [-0.3, -0.25) is 4.79 Å². The van der Waals surface area contributed by atoms with Gasteiger partial charge < -0.3 is 20.3 Å². The number of urea groups is 1. The summed E-state index contributed by atoms with van der Waals surface area (Å²) in [5, 5.41) is 5.98. The molecular weight excluding hydrogens is 378 g/mol. The molecule has 1 aliphatic heterocycles. The second kappa shape index (κ2) is 10.1. The number of benzene rings is 2. The van der Waals surface area contributed by atoms with Crippen molar-refractivity contribution in [2.24, 2.45) is 5.92 Å². The highest BCUT2D eigenvalue weighted by Crippen LogP contribution is 2.27. The fourth-order valence-corrected chi connectivity index (χ4v) is 3.79. The molecule has 2 aromatic carbocycles. The first-order valence-corrected chi connectivity index (χ1v) is 10.5. The van der Waals surface area contributed by atoms with Crippen molar-refractivity contribution in [3.63, 3.8) is 0 Å². The second-order valence-corrected chi connectivity index (χ2v) is 7.97. The number of piperidine rings is 1. The normalized spacial score (nSPS) is 14.3. The Morgan fingerprint density at radius 1 is 1.10 bits per heavy atom. The number of likely N-dealkylation sites (tertiary alicyclic amines) is 1. The maximum Gasteiger partial charge on any atom is 0.321 e. The molecule has 2 N–H and O–H groups in total. The van der Waals surface area contributed by atoms with Crippen molar-refractivity contribution >= 4 is 17.6 Å². The van der Waals surface area contributed by atoms with Gasteiger partial charge in [-0.15, -0.1) is 0 Å². The Balaban J connectivity index is 1.44. The lowest BCUT2D eigenvalue weighted by Crippen LogP contribution is -2.42. The molecular formula is C24H31N3O3. The predicted molar refractivity (Wildman–Crippen MR) is 119 cm³/mol. The predicted octanol–water partition coefficient (Wildman–Crippen LogP) is 4.26. The SMILES string of the molecule is COc1ccc(C)cc1NC(=O)N1CCC(CC(=O)NCc2ccccc2C)CC1. The quantitative estimate of drug-likeness (QED) is 0.749. The number of rotatable bonds is 6. The van der Waals surface area contributed by atoms with E-state index in [0.29, 0.717) is 43.4 Å². The fourth-order valence-electron chi connectivity index (χ4n) is 3.79. The number of aryl methyl sites for hydroxylation is 2. The van der Waals surface area contributed by atoms with Crippen molar-refractivity contribution in [3.05, 3.63) is 59.2 Å². The summed E-state index contributed by atoms with van der Waals surface area (Å²) in [6.07, 6.45) is 2.17. The Labute approximate surface area is 178 Å². The topological polar surface area (TPSA) is 70.7 Å². The molecule has 3 rings (SSSR count).